The predicted molar refractivity (Wildman–Crippen MR) is 76.6 cm³/mol. The highest BCUT2D eigenvalue weighted by atomic mass is 19.1. The van der Waals surface area contributed by atoms with Crippen LogP contribution in [-0.2, 0) is 5.41 Å². The molecule has 1 aliphatic rings. The van der Waals surface area contributed by atoms with Crippen molar-refractivity contribution in [2.75, 3.05) is 6.61 Å². The summed E-state index contributed by atoms with van der Waals surface area (Å²) in [4.78, 5) is 0. The number of hydrogen-bond acceptors (Lipinski definition) is 1. The van der Waals surface area contributed by atoms with Crippen molar-refractivity contribution in [2.45, 2.75) is 44.4 Å². The van der Waals surface area contributed by atoms with Crippen molar-refractivity contribution < 1.29 is 9.50 Å². The second-order valence-corrected chi connectivity index (χ2v) is 5.55. The summed E-state index contributed by atoms with van der Waals surface area (Å²) in [5.74, 6) is -0.0590. The Labute approximate surface area is 115 Å². The van der Waals surface area contributed by atoms with Crippen LogP contribution in [0, 0.1) is 11.7 Å². The molecule has 1 saturated carbocycles. The minimum absolute atomic E-state index is 0.101. The molecule has 0 bridgehead atoms. The molecular formula is C17H23FO. The Hall–Kier alpha value is -1.15. The number of halogens is 1. The Morgan fingerprint density at radius 3 is 2.42 bits per heavy atom. The summed E-state index contributed by atoms with van der Waals surface area (Å²) < 4.78 is 13.1. The molecule has 2 unspecified atom stereocenters. The molecule has 0 spiro atoms. The van der Waals surface area contributed by atoms with Crippen LogP contribution < -0.4 is 0 Å². The van der Waals surface area contributed by atoms with Gasteiger partial charge in [0.25, 0.3) is 0 Å². The molecule has 0 radical (unpaired) electrons. The van der Waals surface area contributed by atoms with Crippen molar-refractivity contribution in [2.24, 2.45) is 5.92 Å². The van der Waals surface area contributed by atoms with Gasteiger partial charge in [-0.1, -0.05) is 56.9 Å². The van der Waals surface area contributed by atoms with Gasteiger partial charge in [-0.05, 0) is 24.1 Å². The standard InChI is InChI=1S/C17H23FO/c1-3-4-5-6-11-17(13(2)16(17)12-19)14-7-9-15(18)10-8-14/h7-10,16,19H,2-6,11-12H2,1H3. The van der Waals surface area contributed by atoms with E-state index in [4.69, 9.17) is 0 Å². The molecule has 1 nitrogen and oxygen atoms in total. The van der Waals surface area contributed by atoms with Gasteiger partial charge in [0, 0.05) is 11.3 Å². The highest BCUT2D eigenvalue weighted by molar-refractivity contribution is 5.52. The van der Waals surface area contributed by atoms with Gasteiger partial charge in [-0.3, -0.25) is 0 Å². The van der Waals surface area contributed by atoms with Gasteiger partial charge in [-0.2, -0.15) is 0 Å². The Kier molecular flexibility index (Phi) is 4.41. The molecular weight excluding hydrogens is 239 g/mol. The zero-order valence-corrected chi connectivity index (χ0v) is 11.7. The molecule has 2 heteroatoms. The maximum absolute atomic E-state index is 13.1. The number of rotatable bonds is 7. The lowest BCUT2D eigenvalue weighted by Crippen LogP contribution is -2.12. The lowest BCUT2D eigenvalue weighted by Gasteiger charge is -2.17. The third kappa shape index (κ3) is 2.59. The van der Waals surface area contributed by atoms with E-state index in [2.05, 4.69) is 13.5 Å². The molecule has 0 heterocycles. The first kappa shape index (κ1) is 14.3. The summed E-state index contributed by atoms with van der Waals surface area (Å²) in [6.07, 6.45) is 5.83. The van der Waals surface area contributed by atoms with Crippen LogP contribution in [0.1, 0.15) is 44.6 Å². The first-order valence-corrected chi connectivity index (χ1v) is 7.23. The van der Waals surface area contributed by atoms with Gasteiger partial charge in [0.2, 0.25) is 0 Å². The van der Waals surface area contributed by atoms with Crippen molar-refractivity contribution in [3.8, 4) is 0 Å². The fourth-order valence-corrected chi connectivity index (χ4v) is 3.23. The second-order valence-electron chi connectivity index (χ2n) is 5.55. The van der Waals surface area contributed by atoms with Gasteiger partial charge < -0.3 is 5.11 Å². The third-order valence-electron chi connectivity index (χ3n) is 4.47. The number of aliphatic hydroxyl groups excluding tert-OH is 1. The molecule has 0 aromatic heterocycles. The molecule has 1 aromatic carbocycles. The zero-order chi connectivity index (χ0) is 13.9. The topological polar surface area (TPSA) is 20.2 Å². The van der Waals surface area contributed by atoms with Gasteiger partial charge in [-0.15, -0.1) is 0 Å². The van der Waals surface area contributed by atoms with Crippen LogP contribution in [0.2, 0.25) is 0 Å². The first-order valence-electron chi connectivity index (χ1n) is 7.23. The monoisotopic (exact) mass is 262 g/mol. The predicted octanol–water partition coefficient (Wildman–Crippen LogP) is 4.21. The van der Waals surface area contributed by atoms with E-state index in [1.807, 2.05) is 12.1 Å². The van der Waals surface area contributed by atoms with E-state index < -0.39 is 0 Å². The van der Waals surface area contributed by atoms with Crippen molar-refractivity contribution >= 4 is 0 Å². The molecule has 1 aliphatic carbocycles. The van der Waals surface area contributed by atoms with Crippen molar-refractivity contribution in [1.29, 1.82) is 0 Å². The van der Waals surface area contributed by atoms with E-state index >= 15 is 0 Å². The SMILES string of the molecule is C=C1C(CO)C1(CCCCCC)c1ccc(F)cc1. The van der Waals surface area contributed by atoms with Crippen LogP contribution in [0.15, 0.2) is 36.4 Å². The van der Waals surface area contributed by atoms with Gasteiger partial charge in [0.05, 0.1) is 6.61 Å². The lowest BCUT2D eigenvalue weighted by atomic mass is 9.87. The number of aliphatic hydroxyl groups is 1. The molecule has 1 N–H and O–H groups in total. The first-order chi connectivity index (χ1) is 9.16. The molecule has 104 valence electrons. The minimum Gasteiger partial charge on any atom is -0.396 e. The summed E-state index contributed by atoms with van der Waals surface area (Å²) >= 11 is 0. The summed E-state index contributed by atoms with van der Waals surface area (Å²) in [5, 5.41) is 9.50. The Bertz CT molecular complexity index is 437. The van der Waals surface area contributed by atoms with Gasteiger partial charge in [0.15, 0.2) is 0 Å². The van der Waals surface area contributed by atoms with E-state index in [-0.39, 0.29) is 23.8 Å². The van der Waals surface area contributed by atoms with E-state index in [0.29, 0.717) is 0 Å². The van der Waals surface area contributed by atoms with Crippen molar-refractivity contribution in [3.05, 3.63) is 47.8 Å². The Morgan fingerprint density at radius 2 is 1.89 bits per heavy atom. The number of hydrogen-bond donors (Lipinski definition) is 1. The highest BCUT2D eigenvalue weighted by Gasteiger charge is 2.58. The van der Waals surface area contributed by atoms with Crippen LogP contribution >= 0.6 is 0 Å². The van der Waals surface area contributed by atoms with Gasteiger partial charge >= 0.3 is 0 Å². The average Bonchev–Trinajstić information content (AvgIpc) is 3.00. The van der Waals surface area contributed by atoms with Gasteiger partial charge in [0.1, 0.15) is 5.82 Å². The maximum Gasteiger partial charge on any atom is 0.123 e. The smallest absolute Gasteiger partial charge is 0.123 e. The second kappa shape index (κ2) is 5.87. The summed E-state index contributed by atoms with van der Waals surface area (Å²) in [5.41, 5.74) is 2.11. The van der Waals surface area contributed by atoms with Crippen LogP contribution in [0.4, 0.5) is 4.39 Å². The quantitative estimate of drug-likeness (QED) is 0.576. The van der Waals surface area contributed by atoms with E-state index in [9.17, 15) is 9.50 Å². The third-order valence-corrected chi connectivity index (χ3v) is 4.47. The zero-order valence-electron chi connectivity index (χ0n) is 11.7. The van der Waals surface area contributed by atoms with Crippen molar-refractivity contribution in [1.82, 2.24) is 0 Å². The molecule has 0 aliphatic heterocycles. The minimum atomic E-state index is -0.211. The average molecular weight is 262 g/mol. The van der Waals surface area contributed by atoms with Crippen molar-refractivity contribution in [3.63, 3.8) is 0 Å². The van der Waals surface area contributed by atoms with Crippen LogP contribution in [0.25, 0.3) is 0 Å². The number of unbranched alkanes of at least 4 members (excludes halogenated alkanes) is 3. The molecule has 2 atom stereocenters. The Morgan fingerprint density at radius 1 is 1.21 bits per heavy atom. The van der Waals surface area contributed by atoms with Gasteiger partial charge in [-0.25, -0.2) is 4.39 Å². The fraction of sp³-hybridized carbons (Fsp3) is 0.529. The molecule has 1 fully saturated rings. The molecule has 0 amide bonds. The largest absolute Gasteiger partial charge is 0.396 e. The van der Waals surface area contributed by atoms with Crippen LogP contribution in [0.3, 0.4) is 0 Å². The summed E-state index contributed by atoms with van der Waals surface area (Å²) in [6.45, 7) is 6.46. The normalized spacial score (nSPS) is 25.6. The molecule has 2 rings (SSSR count). The molecule has 0 saturated heterocycles. The van der Waals surface area contributed by atoms with E-state index in [0.717, 1.165) is 24.0 Å². The maximum atomic E-state index is 13.1. The van der Waals surface area contributed by atoms with E-state index in [1.165, 1.54) is 31.4 Å². The Balaban J connectivity index is 2.13. The summed E-state index contributed by atoms with van der Waals surface area (Å²) in [7, 11) is 0. The van der Waals surface area contributed by atoms with Crippen LogP contribution in [-0.4, -0.2) is 11.7 Å². The fourth-order valence-electron chi connectivity index (χ4n) is 3.23. The summed E-state index contributed by atoms with van der Waals surface area (Å²) in [6, 6.07) is 6.69. The van der Waals surface area contributed by atoms with E-state index in [1.54, 1.807) is 0 Å². The van der Waals surface area contributed by atoms with Crippen LogP contribution in [0.5, 0.6) is 0 Å². The molecule has 19 heavy (non-hydrogen) atoms. The lowest BCUT2D eigenvalue weighted by molar-refractivity contribution is 0.262. The highest BCUT2D eigenvalue weighted by Crippen LogP contribution is 2.61. The number of benzene rings is 1. The molecule has 1 aromatic rings.